The zero-order valence-corrected chi connectivity index (χ0v) is 14.5. The van der Waals surface area contributed by atoms with Crippen LogP contribution in [0.2, 0.25) is 0 Å². The van der Waals surface area contributed by atoms with Crippen LogP contribution < -0.4 is 24.8 Å². The molecule has 0 aromatic heterocycles. The fourth-order valence-electron chi connectivity index (χ4n) is 2.36. The first kappa shape index (κ1) is 17.3. The van der Waals surface area contributed by atoms with E-state index < -0.39 is 21.3 Å². The molecule has 0 amide bonds. The van der Waals surface area contributed by atoms with Gasteiger partial charge in [0.2, 0.25) is 0 Å². The Kier molecular flexibility index (Phi) is 7.80. The SMILES string of the molecule is CC1=[C]([Zr+2]([C]2=CC=CC2)=[C](C)C)CC=C1.[Cl-].[Cl-]. The fourth-order valence-corrected chi connectivity index (χ4v) is 9.78. The van der Waals surface area contributed by atoms with Gasteiger partial charge in [0.05, 0.1) is 0 Å². The van der Waals surface area contributed by atoms with Crippen molar-refractivity contribution in [3.05, 3.63) is 42.5 Å². The number of rotatable bonds is 2. The molecule has 0 heterocycles. The zero-order valence-electron chi connectivity index (χ0n) is 10.6. The second-order valence-electron chi connectivity index (χ2n) is 4.47. The monoisotopic (exact) mass is 346 g/mol. The van der Waals surface area contributed by atoms with Crippen LogP contribution in [-0.4, -0.2) is 3.21 Å². The van der Waals surface area contributed by atoms with Gasteiger partial charge in [0.25, 0.3) is 0 Å². The first-order valence-electron chi connectivity index (χ1n) is 5.60. The predicted octanol–water partition coefficient (Wildman–Crippen LogP) is -2.10. The van der Waals surface area contributed by atoms with Crippen molar-refractivity contribution in [2.75, 3.05) is 0 Å². The second-order valence-corrected chi connectivity index (χ2v) is 11.8. The molecule has 0 atom stereocenters. The predicted molar refractivity (Wildman–Crippen MR) is 64.7 cm³/mol. The van der Waals surface area contributed by atoms with Gasteiger partial charge in [0, 0.05) is 0 Å². The molecule has 0 unspecified atom stereocenters. The molecule has 0 aliphatic heterocycles. The van der Waals surface area contributed by atoms with Gasteiger partial charge in [-0.15, -0.1) is 0 Å². The van der Waals surface area contributed by atoms with Gasteiger partial charge in [-0.3, -0.25) is 0 Å². The molecule has 17 heavy (non-hydrogen) atoms. The zero-order chi connectivity index (χ0) is 10.8. The Hall–Kier alpha value is 0.293. The molecule has 2 aliphatic rings. The van der Waals surface area contributed by atoms with E-state index in [1.165, 1.54) is 12.8 Å². The van der Waals surface area contributed by atoms with E-state index in [0.717, 1.165) is 0 Å². The van der Waals surface area contributed by atoms with Crippen LogP contribution in [0.1, 0.15) is 33.6 Å². The maximum atomic E-state index is 2.38. The molecule has 0 aromatic rings. The summed E-state index contributed by atoms with van der Waals surface area (Å²) in [6.07, 6.45) is 14.0. The molecule has 0 nitrogen and oxygen atoms in total. The van der Waals surface area contributed by atoms with E-state index in [9.17, 15) is 0 Å². The summed E-state index contributed by atoms with van der Waals surface area (Å²) in [5.41, 5.74) is 1.55. The number of hydrogen-bond donors (Lipinski definition) is 0. The summed E-state index contributed by atoms with van der Waals surface area (Å²) >= 11 is -1.57. The van der Waals surface area contributed by atoms with E-state index in [1.54, 1.807) is 15.3 Å². The normalized spacial score (nSPS) is 16.0. The minimum Gasteiger partial charge on any atom is -1.00 e. The average Bonchev–Trinajstić information content (AvgIpc) is 2.79. The van der Waals surface area contributed by atoms with Gasteiger partial charge >= 0.3 is 101 Å². The molecule has 0 fully saturated rings. The smallest absolute Gasteiger partial charge is 1.00 e. The van der Waals surface area contributed by atoms with Crippen LogP contribution in [0.25, 0.3) is 0 Å². The Bertz CT molecular complexity index is 433. The van der Waals surface area contributed by atoms with Gasteiger partial charge in [-0.2, -0.15) is 0 Å². The third kappa shape index (κ3) is 3.88. The van der Waals surface area contributed by atoms with Gasteiger partial charge in [-0.05, 0) is 0 Å². The first-order valence-corrected chi connectivity index (χ1v) is 9.29. The summed E-state index contributed by atoms with van der Waals surface area (Å²) in [4.78, 5) is 0. The van der Waals surface area contributed by atoms with Gasteiger partial charge in [0.15, 0.2) is 0 Å². The van der Waals surface area contributed by atoms with Crippen LogP contribution in [0.5, 0.6) is 0 Å². The van der Waals surface area contributed by atoms with Crippen LogP contribution in [0.15, 0.2) is 42.5 Å². The molecule has 2 rings (SSSR count). The summed E-state index contributed by atoms with van der Waals surface area (Å²) in [6.45, 7) is 6.96. The van der Waals surface area contributed by atoms with Crippen molar-refractivity contribution in [1.29, 1.82) is 0 Å². The van der Waals surface area contributed by atoms with Crippen molar-refractivity contribution in [3.8, 4) is 0 Å². The van der Waals surface area contributed by atoms with Crippen molar-refractivity contribution < 1.29 is 46.1 Å². The Morgan fingerprint density at radius 3 is 2.24 bits per heavy atom. The summed E-state index contributed by atoms with van der Waals surface area (Å²) in [5.74, 6) is 0. The van der Waals surface area contributed by atoms with Crippen LogP contribution >= 0.6 is 0 Å². The van der Waals surface area contributed by atoms with Crippen molar-refractivity contribution in [3.63, 3.8) is 0 Å². The molecule has 0 saturated heterocycles. The molecule has 0 N–H and O–H groups in total. The molecular weight excluding hydrogens is 330 g/mol. The van der Waals surface area contributed by atoms with Crippen molar-refractivity contribution in [2.24, 2.45) is 0 Å². The topological polar surface area (TPSA) is 0 Å². The summed E-state index contributed by atoms with van der Waals surface area (Å²) in [5, 5.41) is 0. The third-order valence-corrected chi connectivity index (χ3v) is 11.0. The molecule has 0 radical (unpaired) electrons. The molecule has 0 bridgehead atoms. The Balaban J connectivity index is 0.00000128. The molecule has 0 aromatic carbocycles. The third-order valence-electron chi connectivity index (χ3n) is 3.06. The standard InChI is InChI=1S/C6H7.C5H5.C3H6.2ClH.Zr/c1-6-4-2-3-5-6;1-2-4-5-3-1;1-3-2;;;/h2,4H,3H2,1H3;1-3H,4H2;1-2H3;2*1H;/q;;;;;+2/p-2. The molecule has 2 aliphatic carbocycles. The first-order chi connectivity index (χ1) is 7.20. The number of hydrogen-bond acceptors (Lipinski definition) is 0. The maximum Gasteiger partial charge on any atom is -1.00 e. The summed E-state index contributed by atoms with van der Waals surface area (Å²) < 4.78 is 5.27. The molecule has 3 heteroatoms. The van der Waals surface area contributed by atoms with Crippen molar-refractivity contribution in [2.45, 2.75) is 33.6 Å². The van der Waals surface area contributed by atoms with Crippen LogP contribution in [0.4, 0.5) is 0 Å². The Morgan fingerprint density at radius 1 is 1.12 bits per heavy atom. The minimum atomic E-state index is -1.57. The van der Waals surface area contributed by atoms with Crippen LogP contribution in [-0.2, 0) is 21.3 Å². The quantitative estimate of drug-likeness (QED) is 0.537. The molecule has 0 spiro atoms. The van der Waals surface area contributed by atoms with E-state index in [1.807, 2.05) is 0 Å². The van der Waals surface area contributed by atoms with Gasteiger partial charge in [0.1, 0.15) is 0 Å². The van der Waals surface area contributed by atoms with Crippen molar-refractivity contribution >= 4 is 3.21 Å². The Morgan fingerprint density at radius 2 is 1.82 bits per heavy atom. The van der Waals surface area contributed by atoms with E-state index in [0.29, 0.717) is 0 Å². The van der Waals surface area contributed by atoms with E-state index in [2.05, 4.69) is 51.2 Å². The minimum absolute atomic E-state index is 0. The largest absolute Gasteiger partial charge is 1.00 e. The van der Waals surface area contributed by atoms with Gasteiger partial charge in [-0.1, -0.05) is 0 Å². The van der Waals surface area contributed by atoms with E-state index >= 15 is 0 Å². The number of halogens is 2. The molecule has 0 saturated carbocycles. The molecular formula is C14H18Cl2Zr. The second kappa shape index (κ2) is 7.67. The molecule has 92 valence electrons. The van der Waals surface area contributed by atoms with E-state index in [4.69, 9.17) is 0 Å². The maximum absolute atomic E-state index is 2.38. The average molecular weight is 348 g/mol. The fraction of sp³-hybridized carbons (Fsp3) is 0.357. The van der Waals surface area contributed by atoms with Crippen molar-refractivity contribution in [1.82, 2.24) is 0 Å². The number of allylic oxidation sites excluding steroid dienone is 8. The summed E-state index contributed by atoms with van der Waals surface area (Å²) in [7, 11) is 0. The van der Waals surface area contributed by atoms with E-state index in [-0.39, 0.29) is 24.8 Å². The van der Waals surface area contributed by atoms with Gasteiger partial charge in [-0.25, -0.2) is 0 Å². The Labute approximate surface area is 125 Å². The van der Waals surface area contributed by atoms with Gasteiger partial charge < -0.3 is 24.8 Å². The van der Waals surface area contributed by atoms with Crippen LogP contribution in [0.3, 0.4) is 0 Å². The summed E-state index contributed by atoms with van der Waals surface area (Å²) in [6, 6.07) is 0. The van der Waals surface area contributed by atoms with Crippen LogP contribution in [0, 0.1) is 0 Å².